The topological polar surface area (TPSA) is 150 Å². The number of amides is 2. The number of aliphatic hydroxyl groups is 1. The third kappa shape index (κ3) is 4.76. The fourth-order valence-corrected chi connectivity index (χ4v) is 6.38. The van der Waals surface area contributed by atoms with Crippen molar-refractivity contribution < 1.29 is 27.5 Å². The summed E-state index contributed by atoms with van der Waals surface area (Å²) < 4.78 is 39.4. The van der Waals surface area contributed by atoms with Crippen LogP contribution >= 0.6 is 0 Å². The van der Waals surface area contributed by atoms with Gasteiger partial charge in [0, 0.05) is 32.8 Å². The number of nitrogens with zero attached hydrogens (tertiary/aromatic N) is 3. The van der Waals surface area contributed by atoms with Gasteiger partial charge in [-0.3, -0.25) is 14.4 Å². The van der Waals surface area contributed by atoms with E-state index in [9.17, 15) is 27.2 Å². The van der Waals surface area contributed by atoms with Crippen LogP contribution in [0.5, 0.6) is 0 Å². The number of nitrogens with one attached hydrogen (secondary N) is 1. The van der Waals surface area contributed by atoms with E-state index in [1.54, 1.807) is 6.07 Å². The zero-order valence-electron chi connectivity index (χ0n) is 19.4. The van der Waals surface area contributed by atoms with E-state index in [1.807, 2.05) is 0 Å². The summed E-state index contributed by atoms with van der Waals surface area (Å²) in [4.78, 5) is 40.1. The Bertz CT molecular complexity index is 1430. The molecule has 36 heavy (non-hydrogen) atoms. The molecule has 1 fully saturated rings. The number of sulfone groups is 1. The Morgan fingerprint density at radius 1 is 1.19 bits per heavy atom. The maximum Gasteiger partial charge on any atom is 0.270 e. The molecule has 10 nitrogen and oxygen atoms in total. The van der Waals surface area contributed by atoms with Crippen LogP contribution in [-0.2, 0) is 22.9 Å². The van der Waals surface area contributed by atoms with Gasteiger partial charge in [0.05, 0.1) is 16.1 Å². The first-order valence-electron chi connectivity index (χ1n) is 11.5. The van der Waals surface area contributed by atoms with Crippen LogP contribution in [0.25, 0.3) is 0 Å². The Morgan fingerprint density at radius 2 is 1.94 bits per heavy atom. The molecule has 2 aliphatic rings. The van der Waals surface area contributed by atoms with Crippen LogP contribution in [-0.4, -0.2) is 65.0 Å². The van der Waals surface area contributed by atoms with E-state index in [2.05, 4.69) is 5.32 Å². The molecule has 2 heterocycles. The quantitative estimate of drug-likeness (QED) is 0.495. The number of carbonyl (C=O) groups excluding carboxylic acids is 2. The van der Waals surface area contributed by atoms with Gasteiger partial charge in [0.1, 0.15) is 23.1 Å². The molecule has 4 rings (SSSR count). The summed E-state index contributed by atoms with van der Waals surface area (Å²) in [7, 11) is -3.49. The lowest BCUT2D eigenvalue weighted by Crippen LogP contribution is -2.50. The van der Waals surface area contributed by atoms with E-state index < -0.39 is 37.8 Å². The summed E-state index contributed by atoms with van der Waals surface area (Å²) in [5, 5.41) is 20.3. The van der Waals surface area contributed by atoms with Crippen molar-refractivity contribution in [2.24, 2.45) is 0 Å². The molecule has 2 N–H and O–H groups in total. The van der Waals surface area contributed by atoms with Gasteiger partial charge >= 0.3 is 0 Å². The summed E-state index contributed by atoms with van der Waals surface area (Å²) in [5.74, 6) is -2.03. The maximum atomic E-state index is 13.8. The SMILES string of the molecule is N#Cc1ccc(CNC(=O)c2ccc3n(c2=O)CCN(CC2(S(=O)(=O)CCCO)CC2)C3=O)cc1F. The van der Waals surface area contributed by atoms with Gasteiger partial charge < -0.3 is 19.9 Å². The zero-order valence-corrected chi connectivity index (χ0v) is 20.2. The van der Waals surface area contributed by atoms with Gasteiger partial charge in [-0.05, 0) is 49.1 Å². The Kier molecular flexibility index (Phi) is 6.97. The van der Waals surface area contributed by atoms with Gasteiger partial charge in [-0.15, -0.1) is 0 Å². The number of carbonyl (C=O) groups is 2. The van der Waals surface area contributed by atoms with Gasteiger partial charge in [0.2, 0.25) is 0 Å². The number of halogens is 1. The molecule has 1 aliphatic heterocycles. The molecule has 0 bridgehead atoms. The van der Waals surface area contributed by atoms with Crippen LogP contribution in [0.15, 0.2) is 35.1 Å². The molecule has 1 aromatic heterocycles. The summed E-state index contributed by atoms with van der Waals surface area (Å²) in [5.41, 5.74) is -0.473. The Hall–Kier alpha value is -3.56. The molecule has 0 unspecified atom stereocenters. The number of nitriles is 1. The second-order valence-electron chi connectivity index (χ2n) is 9.00. The average molecular weight is 517 g/mol. The Morgan fingerprint density at radius 3 is 2.58 bits per heavy atom. The Balaban J connectivity index is 1.47. The molecule has 12 heteroatoms. The highest BCUT2D eigenvalue weighted by Crippen LogP contribution is 2.45. The van der Waals surface area contributed by atoms with E-state index in [-0.39, 0.29) is 61.8 Å². The fraction of sp³-hybridized carbons (Fsp3) is 0.417. The number of benzene rings is 1. The fourth-order valence-electron chi connectivity index (χ4n) is 4.36. The lowest BCUT2D eigenvalue weighted by molar-refractivity contribution is 0.0695. The zero-order chi connectivity index (χ0) is 26.1. The van der Waals surface area contributed by atoms with Gasteiger partial charge in [0.25, 0.3) is 17.4 Å². The average Bonchev–Trinajstić information content (AvgIpc) is 3.65. The van der Waals surface area contributed by atoms with Crippen molar-refractivity contribution in [3.8, 4) is 6.07 Å². The molecule has 1 saturated carbocycles. The molecule has 0 saturated heterocycles. The lowest BCUT2D eigenvalue weighted by atomic mass is 10.1. The van der Waals surface area contributed by atoms with Crippen LogP contribution in [0, 0.1) is 17.1 Å². The number of hydrogen-bond acceptors (Lipinski definition) is 7. The number of aromatic nitrogens is 1. The number of hydrogen-bond donors (Lipinski definition) is 2. The van der Waals surface area contributed by atoms with Crippen molar-refractivity contribution in [3.63, 3.8) is 0 Å². The van der Waals surface area contributed by atoms with E-state index >= 15 is 0 Å². The molecule has 0 spiro atoms. The summed E-state index contributed by atoms with van der Waals surface area (Å²) >= 11 is 0. The van der Waals surface area contributed by atoms with Crippen LogP contribution < -0.4 is 10.9 Å². The molecular weight excluding hydrogens is 491 g/mol. The van der Waals surface area contributed by atoms with Gasteiger partial charge in [-0.25, -0.2) is 12.8 Å². The van der Waals surface area contributed by atoms with Crippen molar-refractivity contribution in [2.45, 2.75) is 37.1 Å². The van der Waals surface area contributed by atoms with Crippen LogP contribution in [0.3, 0.4) is 0 Å². The molecule has 0 radical (unpaired) electrons. The highest BCUT2D eigenvalue weighted by Gasteiger charge is 2.55. The van der Waals surface area contributed by atoms with Crippen LogP contribution in [0.4, 0.5) is 4.39 Å². The molecule has 2 amide bonds. The number of aliphatic hydroxyl groups excluding tert-OH is 1. The molecule has 2 aromatic rings. The molecule has 190 valence electrons. The van der Waals surface area contributed by atoms with E-state index in [1.165, 1.54) is 33.7 Å². The number of fused-ring (bicyclic) bond motifs is 1. The first-order valence-corrected chi connectivity index (χ1v) is 13.1. The van der Waals surface area contributed by atoms with Gasteiger partial charge in [0.15, 0.2) is 9.84 Å². The summed E-state index contributed by atoms with van der Waals surface area (Å²) in [6.07, 6.45) is 1.03. The minimum absolute atomic E-state index is 0.0250. The Labute approximate surface area is 206 Å². The van der Waals surface area contributed by atoms with Gasteiger partial charge in [-0.2, -0.15) is 5.26 Å². The van der Waals surface area contributed by atoms with Crippen LogP contribution in [0.1, 0.15) is 51.2 Å². The number of pyridine rings is 1. The lowest BCUT2D eigenvalue weighted by Gasteiger charge is -2.32. The first-order chi connectivity index (χ1) is 17.1. The minimum Gasteiger partial charge on any atom is -0.396 e. The van der Waals surface area contributed by atoms with Crippen molar-refractivity contribution in [1.82, 2.24) is 14.8 Å². The normalized spacial score (nSPS) is 16.2. The monoisotopic (exact) mass is 516 g/mol. The highest BCUT2D eigenvalue weighted by molar-refractivity contribution is 7.93. The second kappa shape index (κ2) is 9.83. The maximum absolute atomic E-state index is 13.8. The summed E-state index contributed by atoms with van der Waals surface area (Å²) in [6.45, 7) is -0.0406. The predicted octanol–water partition coefficient (Wildman–Crippen LogP) is 0.575. The first kappa shape index (κ1) is 25.5. The molecular formula is C24H25FN4O6S. The molecule has 1 aromatic carbocycles. The predicted molar refractivity (Wildman–Crippen MR) is 126 cm³/mol. The minimum atomic E-state index is -3.49. The molecule has 0 atom stereocenters. The third-order valence-electron chi connectivity index (χ3n) is 6.64. The number of rotatable bonds is 9. The van der Waals surface area contributed by atoms with Crippen molar-refractivity contribution in [3.05, 3.63) is 68.9 Å². The highest BCUT2D eigenvalue weighted by atomic mass is 32.2. The second-order valence-corrected chi connectivity index (χ2v) is 11.5. The van der Waals surface area contributed by atoms with Gasteiger partial charge in [-0.1, -0.05) is 6.07 Å². The van der Waals surface area contributed by atoms with E-state index in [0.29, 0.717) is 18.4 Å². The smallest absolute Gasteiger partial charge is 0.270 e. The largest absolute Gasteiger partial charge is 0.396 e. The molecule has 1 aliphatic carbocycles. The standard InChI is InChI=1S/C24H25FN4O6S/c25-19-12-16(2-3-17(19)13-26)14-27-21(31)18-4-5-20-23(33)28(8-9-29(20)22(18)32)15-24(6-7-24)36(34,35)11-1-10-30/h2-5,12,30H,1,6-11,14-15H2,(H,27,31). The van der Waals surface area contributed by atoms with Crippen molar-refractivity contribution in [1.29, 1.82) is 5.26 Å². The van der Waals surface area contributed by atoms with E-state index in [4.69, 9.17) is 10.4 Å². The van der Waals surface area contributed by atoms with Crippen molar-refractivity contribution in [2.75, 3.05) is 25.4 Å². The van der Waals surface area contributed by atoms with Crippen molar-refractivity contribution >= 4 is 21.7 Å². The summed E-state index contributed by atoms with van der Waals surface area (Å²) in [6, 6.07) is 8.24. The van der Waals surface area contributed by atoms with E-state index in [0.717, 1.165) is 6.07 Å². The third-order valence-corrected chi connectivity index (χ3v) is 9.33. The van der Waals surface area contributed by atoms with Crippen LogP contribution in [0.2, 0.25) is 0 Å².